The number of aryl methyl sites for hydroxylation is 2. The molecule has 0 unspecified atom stereocenters. The number of sulfone groups is 1. The molecular formula is C24H29NO5S. The predicted octanol–water partition coefficient (Wildman–Crippen LogP) is 3.84. The topological polar surface area (TPSA) is 80.8 Å². The molecule has 3 rings (SSSR count). The number of carbonyl (C=O) groups is 2. The first-order valence-electron chi connectivity index (χ1n) is 10.4. The summed E-state index contributed by atoms with van der Waals surface area (Å²) < 4.78 is 30.8. The molecule has 1 aliphatic rings. The monoisotopic (exact) mass is 443 g/mol. The maximum atomic E-state index is 13.8. The number of methoxy groups -OCH3 is 1. The van der Waals surface area contributed by atoms with Gasteiger partial charge in [0.25, 0.3) is 0 Å². The molecule has 2 aromatic rings. The van der Waals surface area contributed by atoms with E-state index in [1.807, 2.05) is 13.0 Å². The minimum absolute atomic E-state index is 0.249. The molecule has 31 heavy (non-hydrogen) atoms. The first-order chi connectivity index (χ1) is 14.6. The molecule has 0 aromatic heterocycles. The van der Waals surface area contributed by atoms with Crippen molar-refractivity contribution in [2.45, 2.75) is 55.7 Å². The van der Waals surface area contributed by atoms with Gasteiger partial charge < -0.3 is 9.64 Å². The van der Waals surface area contributed by atoms with E-state index in [0.29, 0.717) is 36.8 Å². The molecule has 0 aliphatic heterocycles. The zero-order valence-electron chi connectivity index (χ0n) is 18.5. The van der Waals surface area contributed by atoms with Crippen LogP contribution < -0.4 is 0 Å². The molecule has 1 fully saturated rings. The Morgan fingerprint density at radius 2 is 1.65 bits per heavy atom. The Hall–Kier alpha value is -2.67. The van der Waals surface area contributed by atoms with Crippen molar-refractivity contribution < 1.29 is 22.7 Å². The zero-order chi connectivity index (χ0) is 22.8. The molecule has 0 spiro atoms. The quantitative estimate of drug-likeness (QED) is 0.634. The number of carbonyl (C=O) groups excluding carboxylic acids is 2. The first kappa shape index (κ1) is 23.0. The van der Waals surface area contributed by atoms with Gasteiger partial charge in [0.1, 0.15) is 0 Å². The summed E-state index contributed by atoms with van der Waals surface area (Å²) in [6.45, 7) is 3.88. The summed E-state index contributed by atoms with van der Waals surface area (Å²) >= 11 is 0. The number of rotatable bonds is 6. The van der Waals surface area contributed by atoms with Crippen LogP contribution in [0.3, 0.4) is 0 Å². The lowest BCUT2D eigenvalue weighted by atomic mass is 10.0. The number of benzene rings is 2. The molecular weight excluding hydrogens is 414 g/mol. The normalized spacial score (nSPS) is 15.5. The Kier molecular flexibility index (Phi) is 6.55. The number of hydrogen-bond acceptors (Lipinski definition) is 5. The number of hydrogen-bond donors (Lipinski definition) is 0. The van der Waals surface area contributed by atoms with Crippen molar-refractivity contribution in [3.63, 3.8) is 0 Å². The fourth-order valence-corrected chi connectivity index (χ4v) is 6.77. The lowest BCUT2D eigenvalue weighted by molar-refractivity contribution is -0.133. The van der Waals surface area contributed by atoms with E-state index in [0.717, 1.165) is 11.1 Å². The van der Waals surface area contributed by atoms with Gasteiger partial charge in [-0.1, -0.05) is 37.1 Å². The lowest BCUT2D eigenvalue weighted by Crippen LogP contribution is -2.51. The smallest absolute Gasteiger partial charge is 0.337 e. The number of amides is 1. The summed E-state index contributed by atoms with van der Waals surface area (Å²) in [7, 11) is -0.910. The highest BCUT2D eigenvalue weighted by Crippen LogP contribution is 2.43. The van der Waals surface area contributed by atoms with Gasteiger partial charge in [0, 0.05) is 13.6 Å². The van der Waals surface area contributed by atoms with Crippen LogP contribution in [0.5, 0.6) is 0 Å². The molecule has 166 valence electrons. The highest BCUT2D eigenvalue weighted by Gasteiger charge is 2.54. The summed E-state index contributed by atoms with van der Waals surface area (Å²) in [5.74, 6) is -0.802. The van der Waals surface area contributed by atoms with Crippen LogP contribution in [0.1, 0.15) is 52.7 Å². The third-order valence-corrected chi connectivity index (χ3v) is 8.72. The van der Waals surface area contributed by atoms with Gasteiger partial charge in [-0.3, -0.25) is 4.79 Å². The van der Waals surface area contributed by atoms with Crippen LogP contribution >= 0.6 is 0 Å². The van der Waals surface area contributed by atoms with Gasteiger partial charge in [0.2, 0.25) is 5.91 Å². The molecule has 1 aliphatic carbocycles. The molecule has 7 heteroatoms. The van der Waals surface area contributed by atoms with E-state index in [9.17, 15) is 18.0 Å². The Bertz CT molecular complexity index is 1080. The van der Waals surface area contributed by atoms with Crippen molar-refractivity contribution in [3.05, 3.63) is 64.7 Å². The highest BCUT2D eigenvalue weighted by atomic mass is 32.2. The van der Waals surface area contributed by atoms with Gasteiger partial charge in [0.15, 0.2) is 14.6 Å². The van der Waals surface area contributed by atoms with E-state index in [-0.39, 0.29) is 17.3 Å². The Morgan fingerprint density at radius 3 is 2.23 bits per heavy atom. The van der Waals surface area contributed by atoms with Gasteiger partial charge in [-0.2, -0.15) is 0 Å². The van der Waals surface area contributed by atoms with Crippen LogP contribution in [0, 0.1) is 13.8 Å². The molecule has 1 amide bonds. The van der Waals surface area contributed by atoms with Crippen LogP contribution in [0.2, 0.25) is 0 Å². The van der Waals surface area contributed by atoms with E-state index in [1.54, 1.807) is 50.4 Å². The summed E-state index contributed by atoms with van der Waals surface area (Å²) in [5.41, 5.74) is 2.74. The summed E-state index contributed by atoms with van der Waals surface area (Å²) in [5, 5.41) is 0. The third-order valence-electron chi connectivity index (χ3n) is 6.09. The molecule has 0 N–H and O–H groups in total. The van der Waals surface area contributed by atoms with Crippen molar-refractivity contribution in [1.29, 1.82) is 0 Å². The van der Waals surface area contributed by atoms with Gasteiger partial charge in [-0.05, 0) is 61.6 Å². The SMILES string of the molecule is COC(=O)c1ccc(CN(C)C(=O)C2(S(=O)(=O)c3cc(C)ccc3C)CCCC2)cc1. The Morgan fingerprint density at radius 1 is 1.03 bits per heavy atom. The van der Waals surface area contributed by atoms with E-state index in [4.69, 9.17) is 4.74 Å². The summed E-state index contributed by atoms with van der Waals surface area (Å²) in [6, 6.07) is 12.1. The minimum atomic E-state index is -3.86. The van der Waals surface area contributed by atoms with E-state index in [1.165, 1.54) is 12.0 Å². The third kappa shape index (κ3) is 4.24. The largest absolute Gasteiger partial charge is 0.465 e. The minimum Gasteiger partial charge on any atom is -0.465 e. The fourth-order valence-electron chi connectivity index (χ4n) is 4.31. The lowest BCUT2D eigenvalue weighted by Gasteiger charge is -2.32. The van der Waals surface area contributed by atoms with Crippen LogP contribution in [-0.4, -0.2) is 44.1 Å². The summed E-state index contributed by atoms with van der Waals surface area (Å²) in [6.07, 6.45) is 2.06. The van der Waals surface area contributed by atoms with Crippen LogP contribution in [-0.2, 0) is 25.9 Å². The molecule has 0 saturated heterocycles. The van der Waals surface area contributed by atoms with E-state index < -0.39 is 20.6 Å². The Balaban J connectivity index is 1.91. The second-order valence-corrected chi connectivity index (χ2v) is 10.6. The van der Waals surface area contributed by atoms with Gasteiger partial charge in [0.05, 0.1) is 17.6 Å². The predicted molar refractivity (Wildman–Crippen MR) is 119 cm³/mol. The average Bonchev–Trinajstić information content (AvgIpc) is 3.26. The average molecular weight is 444 g/mol. The van der Waals surface area contributed by atoms with Crippen molar-refractivity contribution in [1.82, 2.24) is 4.90 Å². The molecule has 1 saturated carbocycles. The molecule has 0 heterocycles. The van der Waals surface area contributed by atoms with Crippen molar-refractivity contribution in [3.8, 4) is 0 Å². The maximum Gasteiger partial charge on any atom is 0.337 e. The second-order valence-electron chi connectivity index (χ2n) is 8.32. The molecule has 0 radical (unpaired) electrons. The Labute approximate surface area is 184 Å². The van der Waals surface area contributed by atoms with E-state index in [2.05, 4.69) is 0 Å². The van der Waals surface area contributed by atoms with Crippen LogP contribution in [0.4, 0.5) is 0 Å². The summed E-state index contributed by atoms with van der Waals surface area (Å²) in [4.78, 5) is 26.9. The number of nitrogens with zero attached hydrogens (tertiary/aromatic N) is 1. The number of ether oxygens (including phenoxy) is 1. The molecule has 2 aromatic carbocycles. The molecule has 0 bridgehead atoms. The second kappa shape index (κ2) is 8.83. The van der Waals surface area contributed by atoms with Crippen molar-refractivity contribution in [2.24, 2.45) is 0 Å². The van der Waals surface area contributed by atoms with Gasteiger partial charge >= 0.3 is 5.97 Å². The first-order valence-corrected chi connectivity index (χ1v) is 11.9. The van der Waals surface area contributed by atoms with Crippen molar-refractivity contribution >= 4 is 21.7 Å². The highest BCUT2D eigenvalue weighted by molar-refractivity contribution is 7.93. The van der Waals surface area contributed by atoms with Gasteiger partial charge in [-0.25, -0.2) is 13.2 Å². The molecule has 0 atom stereocenters. The maximum absolute atomic E-state index is 13.8. The van der Waals surface area contributed by atoms with Gasteiger partial charge in [-0.15, -0.1) is 0 Å². The van der Waals surface area contributed by atoms with Crippen molar-refractivity contribution in [2.75, 3.05) is 14.2 Å². The molecule has 6 nitrogen and oxygen atoms in total. The van der Waals surface area contributed by atoms with Crippen LogP contribution in [0.15, 0.2) is 47.4 Å². The standard InChI is InChI=1S/C24H29NO5S/c1-17-7-8-18(2)21(15-17)31(28,29)24(13-5-6-14-24)23(27)25(3)16-19-9-11-20(12-10-19)22(26)30-4/h7-12,15H,5-6,13-14,16H2,1-4H3. The fraction of sp³-hybridized carbons (Fsp3) is 0.417. The van der Waals surface area contributed by atoms with Crippen LogP contribution in [0.25, 0.3) is 0 Å². The number of esters is 1. The van der Waals surface area contributed by atoms with E-state index >= 15 is 0 Å². The zero-order valence-corrected chi connectivity index (χ0v) is 19.3.